The second-order valence-corrected chi connectivity index (χ2v) is 5.77. The molecule has 0 aliphatic carbocycles. The van der Waals surface area contributed by atoms with Gasteiger partial charge in [0.15, 0.2) is 0 Å². The van der Waals surface area contributed by atoms with Crippen molar-refractivity contribution in [1.82, 2.24) is 0 Å². The molecule has 1 unspecified atom stereocenters. The van der Waals surface area contributed by atoms with Crippen LogP contribution in [-0.4, -0.2) is 0 Å². The van der Waals surface area contributed by atoms with Crippen LogP contribution < -0.4 is 5.73 Å². The van der Waals surface area contributed by atoms with Crippen molar-refractivity contribution in [2.24, 2.45) is 5.73 Å². The average Bonchev–Trinajstić information content (AvgIpc) is 2.39. The van der Waals surface area contributed by atoms with E-state index in [-0.39, 0.29) is 6.04 Å². The predicted octanol–water partition coefficient (Wildman–Crippen LogP) is 4.62. The third-order valence-corrected chi connectivity index (χ3v) is 3.72. The minimum Gasteiger partial charge on any atom is -0.320 e. The summed E-state index contributed by atoms with van der Waals surface area (Å²) in [4.78, 5) is 0. The molecule has 94 valence electrons. The first kappa shape index (κ1) is 13.3. The first-order chi connectivity index (χ1) is 8.58. The van der Waals surface area contributed by atoms with Crippen molar-refractivity contribution in [3.8, 4) is 0 Å². The van der Waals surface area contributed by atoms with E-state index in [0.717, 1.165) is 15.6 Å². The van der Waals surface area contributed by atoms with Crippen molar-refractivity contribution < 1.29 is 0 Å². The van der Waals surface area contributed by atoms with Crippen LogP contribution in [0.4, 0.5) is 0 Å². The van der Waals surface area contributed by atoms with Crippen LogP contribution in [0.3, 0.4) is 0 Å². The molecule has 0 saturated heterocycles. The highest BCUT2D eigenvalue weighted by molar-refractivity contribution is 9.10. The van der Waals surface area contributed by atoms with Crippen LogP contribution in [0, 0.1) is 0 Å². The first-order valence-corrected chi connectivity index (χ1v) is 6.98. The smallest absolute Gasteiger partial charge is 0.0551 e. The molecule has 2 heteroatoms. The van der Waals surface area contributed by atoms with Crippen molar-refractivity contribution in [3.63, 3.8) is 0 Å². The van der Waals surface area contributed by atoms with Crippen LogP contribution in [0.15, 0.2) is 53.0 Å². The summed E-state index contributed by atoms with van der Waals surface area (Å²) in [5, 5.41) is 0. The molecular weight excluding hydrogens is 286 g/mol. The maximum Gasteiger partial charge on any atom is 0.0551 e. The lowest BCUT2D eigenvalue weighted by atomic mass is 9.96. The van der Waals surface area contributed by atoms with Gasteiger partial charge in [-0.25, -0.2) is 0 Å². The maximum absolute atomic E-state index is 6.28. The van der Waals surface area contributed by atoms with Gasteiger partial charge in [-0.3, -0.25) is 0 Å². The largest absolute Gasteiger partial charge is 0.320 e. The minimum absolute atomic E-state index is 0.0562. The van der Waals surface area contributed by atoms with Crippen molar-refractivity contribution >= 4 is 15.9 Å². The Morgan fingerprint density at radius 3 is 1.61 bits per heavy atom. The molecule has 0 aliphatic heterocycles. The second kappa shape index (κ2) is 5.68. The van der Waals surface area contributed by atoms with Crippen LogP contribution in [0.25, 0.3) is 0 Å². The Hall–Kier alpha value is -1.12. The highest BCUT2D eigenvalue weighted by atomic mass is 79.9. The monoisotopic (exact) mass is 303 g/mol. The SMILES string of the molecule is CC(C)c1ccc(C(N)c2ccc(Br)cc2)cc1. The van der Waals surface area contributed by atoms with Gasteiger partial charge in [-0.05, 0) is 34.7 Å². The Morgan fingerprint density at radius 1 is 0.778 bits per heavy atom. The number of rotatable bonds is 3. The molecule has 0 amide bonds. The van der Waals surface area contributed by atoms with Crippen LogP contribution >= 0.6 is 15.9 Å². The van der Waals surface area contributed by atoms with Crippen molar-refractivity contribution in [3.05, 3.63) is 69.7 Å². The fourth-order valence-electron chi connectivity index (χ4n) is 1.95. The van der Waals surface area contributed by atoms with Crippen molar-refractivity contribution in [2.75, 3.05) is 0 Å². The molecule has 0 heterocycles. The van der Waals surface area contributed by atoms with Crippen molar-refractivity contribution in [1.29, 1.82) is 0 Å². The van der Waals surface area contributed by atoms with Gasteiger partial charge in [0.1, 0.15) is 0 Å². The summed E-state index contributed by atoms with van der Waals surface area (Å²) in [5.74, 6) is 0.558. The number of benzene rings is 2. The van der Waals surface area contributed by atoms with Gasteiger partial charge in [0.2, 0.25) is 0 Å². The zero-order chi connectivity index (χ0) is 13.1. The lowest BCUT2D eigenvalue weighted by molar-refractivity contribution is 0.847. The minimum atomic E-state index is -0.0562. The van der Waals surface area contributed by atoms with E-state index in [9.17, 15) is 0 Å². The lowest BCUT2D eigenvalue weighted by Crippen LogP contribution is -2.11. The molecule has 0 bridgehead atoms. The van der Waals surface area contributed by atoms with Crippen LogP contribution in [-0.2, 0) is 0 Å². The Bertz CT molecular complexity index is 500. The predicted molar refractivity (Wildman–Crippen MR) is 80.7 cm³/mol. The molecule has 1 nitrogen and oxygen atoms in total. The summed E-state index contributed by atoms with van der Waals surface area (Å²) >= 11 is 3.44. The van der Waals surface area contributed by atoms with Gasteiger partial charge in [0.05, 0.1) is 6.04 Å². The van der Waals surface area contributed by atoms with Crippen LogP contribution in [0.5, 0.6) is 0 Å². The molecular formula is C16H18BrN. The average molecular weight is 304 g/mol. The zero-order valence-corrected chi connectivity index (χ0v) is 12.3. The van der Waals surface area contributed by atoms with Gasteiger partial charge in [-0.15, -0.1) is 0 Å². The van der Waals surface area contributed by atoms with Gasteiger partial charge in [-0.1, -0.05) is 66.2 Å². The molecule has 0 fully saturated rings. The molecule has 1 atom stereocenters. The molecule has 2 aromatic carbocycles. The molecule has 0 aromatic heterocycles. The summed E-state index contributed by atoms with van der Waals surface area (Å²) in [6, 6.07) is 16.7. The van der Waals surface area contributed by atoms with E-state index in [1.54, 1.807) is 0 Å². The molecule has 2 rings (SSSR count). The summed E-state index contributed by atoms with van der Waals surface area (Å²) in [6.07, 6.45) is 0. The van der Waals surface area contributed by atoms with E-state index in [2.05, 4.69) is 66.2 Å². The molecule has 0 spiro atoms. The molecule has 2 N–H and O–H groups in total. The Morgan fingerprint density at radius 2 is 1.17 bits per heavy atom. The topological polar surface area (TPSA) is 26.0 Å². The molecule has 18 heavy (non-hydrogen) atoms. The van der Waals surface area contributed by atoms with E-state index in [1.165, 1.54) is 5.56 Å². The van der Waals surface area contributed by atoms with Gasteiger partial charge < -0.3 is 5.73 Å². The van der Waals surface area contributed by atoms with Crippen LogP contribution in [0.1, 0.15) is 42.5 Å². The Kier molecular flexibility index (Phi) is 4.20. The molecule has 2 aromatic rings. The normalized spacial score (nSPS) is 12.7. The molecule has 0 radical (unpaired) electrons. The number of hydrogen-bond acceptors (Lipinski definition) is 1. The van der Waals surface area contributed by atoms with Gasteiger partial charge in [-0.2, -0.15) is 0 Å². The maximum atomic E-state index is 6.28. The van der Waals surface area contributed by atoms with E-state index < -0.39 is 0 Å². The Balaban J connectivity index is 2.23. The summed E-state index contributed by atoms with van der Waals surface area (Å²) in [7, 11) is 0. The van der Waals surface area contributed by atoms with Gasteiger partial charge >= 0.3 is 0 Å². The number of halogens is 1. The summed E-state index contributed by atoms with van der Waals surface area (Å²) < 4.78 is 1.08. The third kappa shape index (κ3) is 3.01. The van der Waals surface area contributed by atoms with Crippen molar-refractivity contribution in [2.45, 2.75) is 25.8 Å². The zero-order valence-electron chi connectivity index (χ0n) is 10.7. The standard InChI is InChI=1S/C16H18BrN/c1-11(2)12-3-5-13(6-4-12)16(18)14-7-9-15(17)10-8-14/h3-11,16H,18H2,1-2H3. The molecule has 0 saturated carbocycles. The number of nitrogens with two attached hydrogens (primary N) is 1. The summed E-state index contributed by atoms with van der Waals surface area (Å²) in [6.45, 7) is 4.40. The van der Waals surface area contributed by atoms with Crippen LogP contribution in [0.2, 0.25) is 0 Å². The summed E-state index contributed by atoms with van der Waals surface area (Å²) in [5.41, 5.74) is 9.92. The van der Waals surface area contributed by atoms with E-state index >= 15 is 0 Å². The van der Waals surface area contributed by atoms with E-state index in [0.29, 0.717) is 5.92 Å². The lowest BCUT2D eigenvalue weighted by Gasteiger charge is -2.14. The second-order valence-electron chi connectivity index (χ2n) is 4.85. The highest BCUT2D eigenvalue weighted by Gasteiger charge is 2.09. The molecule has 0 aliphatic rings. The van der Waals surface area contributed by atoms with Gasteiger partial charge in [0.25, 0.3) is 0 Å². The number of hydrogen-bond donors (Lipinski definition) is 1. The van der Waals surface area contributed by atoms with E-state index in [4.69, 9.17) is 5.73 Å². The Labute approximate surface area is 117 Å². The van der Waals surface area contributed by atoms with Gasteiger partial charge in [0, 0.05) is 4.47 Å². The highest BCUT2D eigenvalue weighted by Crippen LogP contribution is 2.23. The quantitative estimate of drug-likeness (QED) is 0.879. The third-order valence-electron chi connectivity index (χ3n) is 3.19. The first-order valence-electron chi connectivity index (χ1n) is 6.19. The fourth-order valence-corrected chi connectivity index (χ4v) is 2.22. The van der Waals surface area contributed by atoms with E-state index in [1.807, 2.05) is 12.1 Å². The fraction of sp³-hybridized carbons (Fsp3) is 0.250.